The van der Waals surface area contributed by atoms with Crippen molar-refractivity contribution in [2.24, 2.45) is 11.8 Å². The Morgan fingerprint density at radius 1 is 1.35 bits per heavy atom. The predicted octanol–water partition coefficient (Wildman–Crippen LogP) is 2.07. The highest BCUT2D eigenvalue weighted by molar-refractivity contribution is 5.76. The van der Waals surface area contributed by atoms with Crippen molar-refractivity contribution in [2.75, 3.05) is 13.1 Å². The molecule has 2 aliphatic rings. The summed E-state index contributed by atoms with van der Waals surface area (Å²) >= 11 is 0. The van der Waals surface area contributed by atoms with Crippen molar-refractivity contribution in [1.82, 2.24) is 10.6 Å². The Kier molecular flexibility index (Phi) is 4.84. The minimum atomic E-state index is 0.268. The maximum Gasteiger partial charge on any atom is 0.220 e. The number of hydrogen-bond donors (Lipinski definition) is 2. The lowest BCUT2D eigenvalue weighted by Gasteiger charge is -2.17. The molecule has 2 N–H and O–H groups in total. The van der Waals surface area contributed by atoms with E-state index >= 15 is 0 Å². The lowest BCUT2D eigenvalue weighted by molar-refractivity contribution is -0.122. The van der Waals surface area contributed by atoms with E-state index in [4.69, 9.17) is 0 Å². The first-order valence-electron chi connectivity index (χ1n) is 7.28. The monoisotopic (exact) mass is 238 g/mol. The Morgan fingerprint density at radius 2 is 2.18 bits per heavy atom. The van der Waals surface area contributed by atoms with Gasteiger partial charge in [0.05, 0.1) is 0 Å². The molecule has 98 valence electrons. The maximum absolute atomic E-state index is 11.8. The zero-order chi connectivity index (χ0) is 12.1. The molecule has 1 heterocycles. The fourth-order valence-electron chi connectivity index (χ4n) is 2.68. The van der Waals surface area contributed by atoms with Gasteiger partial charge in [-0.05, 0) is 50.6 Å². The van der Waals surface area contributed by atoms with Gasteiger partial charge in [-0.1, -0.05) is 19.8 Å². The second kappa shape index (κ2) is 6.39. The quantitative estimate of drug-likeness (QED) is 0.713. The SMILES string of the molecule is CCC(CC1CC1)NC(=O)CCC1CCNC1. The van der Waals surface area contributed by atoms with Crippen LogP contribution in [0, 0.1) is 11.8 Å². The molecule has 2 atom stereocenters. The molecule has 0 aromatic heterocycles. The molecule has 0 aromatic rings. The summed E-state index contributed by atoms with van der Waals surface area (Å²) in [4.78, 5) is 11.8. The molecule has 1 amide bonds. The van der Waals surface area contributed by atoms with Gasteiger partial charge in [0.1, 0.15) is 0 Å². The second-order valence-electron chi connectivity index (χ2n) is 5.75. The first-order chi connectivity index (χ1) is 8.28. The summed E-state index contributed by atoms with van der Waals surface area (Å²) in [7, 11) is 0. The van der Waals surface area contributed by atoms with E-state index in [0.717, 1.165) is 37.8 Å². The lowest BCUT2D eigenvalue weighted by atomic mass is 10.0. The van der Waals surface area contributed by atoms with E-state index in [-0.39, 0.29) is 5.91 Å². The summed E-state index contributed by atoms with van der Waals surface area (Å²) in [5.74, 6) is 1.90. The van der Waals surface area contributed by atoms with Crippen molar-refractivity contribution >= 4 is 5.91 Å². The second-order valence-corrected chi connectivity index (χ2v) is 5.75. The molecule has 0 radical (unpaired) electrons. The van der Waals surface area contributed by atoms with Crippen LogP contribution in [0.2, 0.25) is 0 Å². The molecule has 0 bridgehead atoms. The summed E-state index contributed by atoms with van der Waals surface area (Å²) in [6.07, 6.45) is 8.04. The van der Waals surface area contributed by atoms with Gasteiger partial charge in [-0.3, -0.25) is 4.79 Å². The van der Waals surface area contributed by atoms with Crippen LogP contribution in [0.25, 0.3) is 0 Å². The molecule has 2 rings (SSSR count). The van der Waals surface area contributed by atoms with Gasteiger partial charge in [0.15, 0.2) is 0 Å². The normalized spacial score (nSPS) is 25.8. The Labute approximate surface area is 105 Å². The predicted molar refractivity (Wildman–Crippen MR) is 69.8 cm³/mol. The number of amides is 1. The highest BCUT2D eigenvalue weighted by Gasteiger charge is 2.25. The zero-order valence-corrected chi connectivity index (χ0v) is 11.0. The van der Waals surface area contributed by atoms with Crippen LogP contribution in [-0.2, 0) is 4.79 Å². The van der Waals surface area contributed by atoms with E-state index < -0.39 is 0 Å². The Morgan fingerprint density at radius 3 is 2.76 bits per heavy atom. The van der Waals surface area contributed by atoms with Gasteiger partial charge in [-0.2, -0.15) is 0 Å². The molecule has 3 heteroatoms. The Hall–Kier alpha value is -0.570. The molecule has 1 aliphatic carbocycles. The third kappa shape index (κ3) is 4.66. The average molecular weight is 238 g/mol. The largest absolute Gasteiger partial charge is 0.353 e. The van der Waals surface area contributed by atoms with Gasteiger partial charge >= 0.3 is 0 Å². The molecular formula is C14H26N2O. The first kappa shape index (κ1) is 12.9. The van der Waals surface area contributed by atoms with Gasteiger partial charge in [-0.15, -0.1) is 0 Å². The van der Waals surface area contributed by atoms with Crippen molar-refractivity contribution in [3.8, 4) is 0 Å². The molecule has 2 unspecified atom stereocenters. The van der Waals surface area contributed by atoms with E-state index in [1.54, 1.807) is 0 Å². The molecule has 1 saturated heterocycles. The van der Waals surface area contributed by atoms with Crippen molar-refractivity contribution in [2.45, 2.75) is 57.9 Å². The summed E-state index contributed by atoms with van der Waals surface area (Å²) in [5.41, 5.74) is 0. The van der Waals surface area contributed by atoms with Gasteiger partial charge in [0.25, 0.3) is 0 Å². The highest BCUT2D eigenvalue weighted by Crippen LogP contribution is 2.34. The van der Waals surface area contributed by atoms with Crippen LogP contribution in [-0.4, -0.2) is 25.0 Å². The van der Waals surface area contributed by atoms with Crippen LogP contribution >= 0.6 is 0 Å². The number of hydrogen-bond acceptors (Lipinski definition) is 2. The van der Waals surface area contributed by atoms with Crippen LogP contribution in [0.3, 0.4) is 0 Å². The van der Waals surface area contributed by atoms with Gasteiger partial charge in [0.2, 0.25) is 5.91 Å². The van der Waals surface area contributed by atoms with Crippen LogP contribution in [0.5, 0.6) is 0 Å². The minimum absolute atomic E-state index is 0.268. The molecule has 3 nitrogen and oxygen atoms in total. The molecule has 17 heavy (non-hydrogen) atoms. The standard InChI is InChI=1S/C14H26N2O/c1-2-13(9-11-3-4-11)16-14(17)6-5-12-7-8-15-10-12/h11-13,15H,2-10H2,1H3,(H,16,17). The van der Waals surface area contributed by atoms with Crippen LogP contribution in [0.15, 0.2) is 0 Å². The Balaban J connectivity index is 1.60. The average Bonchev–Trinajstić information content (AvgIpc) is 2.98. The molecule has 0 aromatic carbocycles. The topological polar surface area (TPSA) is 41.1 Å². The summed E-state index contributed by atoms with van der Waals surface area (Å²) < 4.78 is 0. The number of carbonyl (C=O) groups is 1. The zero-order valence-electron chi connectivity index (χ0n) is 11.0. The van der Waals surface area contributed by atoms with Crippen LogP contribution in [0.1, 0.15) is 51.9 Å². The number of carbonyl (C=O) groups excluding carboxylic acids is 1. The van der Waals surface area contributed by atoms with Gasteiger partial charge in [-0.25, -0.2) is 0 Å². The van der Waals surface area contributed by atoms with E-state index in [1.165, 1.54) is 25.7 Å². The van der Waals surface area contributed by atoms with E-state index in [1.807, 2.05) is 0 Å². The third-order valence-corrected chi connectivity index (χ3v) is 4.11. The molecule has 1 aliphatic heterocycles. The molecular weight excluding hydrogens is 212 g/mol. The van der Waals surface area contributed by atoms with Crippen molar-refractivity contribution in [3.05, 3.63) is 0 Å². The van der Waals surface area contributed by atoms with Crippen molar-refractivity contribution in [1.29, 1.82) is 0 Å². The third-order valence-electron chi connectivity index (χ3n) is 4.11. The summed E-state index contributed by atoms with van der Waals surface area (Å²) in [6, 6.07) is 0.428. The highest BCUT2D eigenvalue weighted by atomic mass is 16.1. The van der Waals surface area contributed by atoms with Crippen LogP contribution in [0.4, 0.5) is 0 Å². The maximum atomic E-state index is 11.8. The minimum Gasteiger partial charge on any atom is -0.353 e. The lowest BCUT2D eigenvalue weighted by Crippen LogP contribution is -2.34. The smallest absolute Gasteiger partial charge is 0.220 e. The van der Waals surface area contributed by atoms with Crippen molar-refractivity contribution in [3.63, 3.8) is 0 Å². The molecule has 1 saturated carbocycles. The van der Waals surface area contributed by atoms with E-state index in [0.29, 0.717) is 12.5 Å². The first-order valence-corrected chi connectivity index (χ1v) is 7.28. The van der Waals surface area contributed by atoms with E-state index in [9.17, 15) is 4.79 Å². The van der Waals surface area contributed by atoms with Crippen molar-refractivity contribution < 1.29 is 4.79 Å². The molecule has 2 fully saturated rings. The summed E-state index contributed by atoms with van der Waals surface area (Å²) in [6.45, 7) is 4.41. The fraction of sp³-hybridized carbons (Fsp3) is 0.929. The summed E-state index contributed by atoms with van der Waals surface area (Å²) in [5, 5.41) is 6.55. The van der Waals surface area contributed by atoms with Gasteiger partial charge < -0.3 is 10.6 Å². The van der Waals surface area contributed by atoms with Crippen LogP contribution < -0.4 is 10.6 Å². The Bertz CT molecular complexity index is 245. The molecule has 0 spiro atoms. The number of rotatable bonds is 7. The fourth-order valence-corrected chi connectivity index (χ4v) is 2.68. The number of nitrogens with one attached hydrogen (secondary N) is 2. The van der Waals surface area contributed by atoms with E-state index in [2.05, 4.69) is 17.6 Å². The van der Waals surface area contributed by atoms with Gasteiger partial charge in [0, 0.05) is 12.5 Å².